The smallest absolute Gasteiger partial charge is 0.332 e. The number of anilines is 1. The highest BCUT2D eigenvalue weighted by Gasteiger charge is 2.47. The van der Waals surface area contributed by atoms with Gasteiger partial charge in [-0.2, -0.15) is 0 Å². The van der Waals surface area contributed by atoms with Gasteiger partial charge in [0.05, 0.1) is 31.2 Å². The van der Waals surface area contributed by atoms with Gasteiger partial charge in [0.25, 0.3) is 7.52 Å². The average molecular weight is 555 g/mol. The first-order valence-corrected chi connectivity index (χ1v) is 14.7. The van der Waals surface area contributed by atoms with Gasteiger partial charge in [0.15, 0.2) is 18.1 Å². The van der Waals surface area contributed by atoms with Gasteiger partial charge in [-0.1, -0.05) is 19.3 Å². The van der Waals surface area contributed by atoms with E-state index >= 15 is 0 Å². The first-order valence-electron chi connectivity index (χ1n) is 12.9. The van der Waals surface area contributed by atoms with E-state index in [1.165, 1.54) is 6.33 Å². The Morgan fingerprint density at radius 2 is 1.76 bits per heavy atom. The van der Waals surface area contributed by atoms with E-state index in [0.29, 0.717) is 30.6 Å². The van der Waals surface area contributed by atoms with E-state index in [9.17, 15) is 14.2 Å². The Bertz CT molecular complexity index is 1150. The maximum absolute atomic E-state index is 14.1. The van der Waals surface area contributed by atoms with Crippen LogP contribution in [0.2, 0.25) is 0 Å². The zero-order valence-corrected chi connectivity index (χ0v) is 23.6. The van der Waals surface area contributed by atoms with Crippen LogP contribution >= 0.6 is 7.52 Å². The standard InChI is InChI=1S/C24H39N6O7P/c1-16(2)36-19(31)12-35-38(33,29-24(9-7-6-8-10-24)23(32)37-17(3)4)15-34-18(5)11-30-14-28-20-21(25)26-13-27-22(20)30/h13-14,16-18H,6-12,15H2,1-5H3,(H,29,33)(H2,25,26,27)/t18-,38+/m1/s1. The third-order valence-corrected chi connectivity index (χ3v) is 7.80. The molecule has 1 fully saturated rings. The van der Waals surface area contributed by atoms with Gasteiger partial charge in [-0.15, -0.1) is 0 Å². The lowest BCUT2D eigenvalue weighted by Crippen LogP contribution is -2.53. The van der Waals surface area contributed by atoms with Crippen molar-refractivity contribution < 1.29 is 32.9 Å². The number of rotatable bonds is 13. The number of nitrogens with one attached hydrogen (secondary N) is 1. The summed E-state index contributed by atoms with van der Waals surface area (Å²) in [7, 11) is -3.89. The summed E-state index contributed by atoms with van der Waals surface area (Å²) in [5, 5.41) is 2.98. The lowest BCUT2D eigenvalue weighted by molar-refractivity contribution is -0.156. The molecule has 1 saturated carbocycles. The van der Waals surface area contributed by atoms with Crippen LogP contribution in [0.1, 0.15) is 66.7 Å². The molecule has 212 valence electrons. The van der Waals surface area contributed by atoms with E-state index in [2.05, 4.69) is 20.0 Å². The number of imidazole rings is 1. The van der Waals surface area contributed by atoms with Crippen LogP contribution < -0.4 is 10.8 Å². The summed E-state index contributed by atoms with van der Waals surface area (Å²) in [6.45, 7) is 8.48. The summed E-state index contributed by atoms with van der Waals surface area (Å²) < 4.78 is 38.1. The van der Waals surface area contributed by atoms with Gasteiger partial charge in [-0.3, -0.25) is 9.36 Å². The van der Waals surface area contributed by atoms with Gasteiger partial charge in [-0.05, 0) is 47.5 Å². The Balaban J connectivity index is 1.77. The molecule has 0 aromatic carbocycles. The van der Waals surface area contributed by atoms with E-state index in [1.54, 1.807) is 45.5 Å². The Morgan fingerprint density at radius 1 is 1.08 bits per heavy atom. The number of nitrogen functional groups attached to an aromatic ring is 1. The van der Waals surface area contributed by atoms with Crippen LogP contribution in [0.4, 0.5) is 5.82 Å². The Kier molecular flexibility index (Phi) is 10.2. The quantitative estimate of drug-likeness (QED) is 0.274. The molecule has 2 heterocycles. The second-order valence-electron chi connectivity index (χ2n) is 10.1. The summed E-state index contributed by atoms with van der Waals surface area (Å²) in [6.07, 6.45) is 4.70. The number of hydrogen-bond donors (Lipinski definition) is 2. The maximum Gasteiger partial charge on any atom is 0.332 e. The minimum atomic E-state index is -3.89. The lowest BCUT2D eigenvalue weighted by atomic mass is 9.82. The van der Waals surface area contributed by atoms with Gasteiger partial charge < -0.3 is 29.0 Å². The molecule has 13 nitrogen and oxygen atoms in total. The fraction of sp³-hybridized carbons (Fsp3) is 0.708. The second-order valence-corrected chi connectivity index (χ2v) is 12.2. The number of esters is 2. The number of aromatic nitrogens is 4. The monoisotopic (exact) mass is 554 g/mol. The van der Waals surface area contributed by atoms with Crippen molar-refractivity contribution in [1.82, 2.24) is 24.6 Å². The molecule has 0 bridgehead atoms. The molecule has 1 aliphatic rings. The molecule has 0 unspecified atom stereocenters. The van der Waals surface area contributed by atoms with Crippen LogP contribution in [0, 0.1) is 0 Å². The zero-order valence-electron chi connectivity index (χ0n) is 22.7. The largest absolute Gasteiger partial charge is 0.462 e. The van der Waals surface area contributed by atoms with Crippen LogP contribution in [-0.4, -0.2) is 68.3 Å². The Hall–Kier alpha value is -2.60. The highest BCUT2D eigenvalue weighted by Crippen LogP contribution is 2.48. The molecule has 2 atom stereocenters. The topological polar surface area (TPSA) is 170 Å². The Labute approximate surface area is 222 Å². The molecule has 2 aromatic heterocycles. The first-order chi connectivity index (χ1) is 17.9. The average Bonchev–Trinajstić information content (AvgIpc) is 3.25. The fourth-order valence-electron chi connectivity index (χ4n) is 4.31. The molecule has 0 aliphatic heterocycles. The van der Waals surface area contributed by atoms with Crippen LogP contribution in [0.15, 0.2) is 12.7 Å². The molecule has 2 aromatic rings. The minimum Gasteiger partial charge on any atom is -0.462 e. The number of hydrogen-bond acceptors (Lipinski definition) is 11. The van der Waals surface area contributed by atoms with E-state index in [-0.39, 0.29) is 24.4 Å². The van der Waals surface area contributed by atoms with E-state index < -0.39 is 37.7 Å². The summed E-state index contributed by atoms with van der Waals surface area (Å²) >= 11 is 0. The SMILES string of the molecule is CC(C)OC(=O)CO[P@@](=O)(CO[C@H](C)Cn1cnc2c(N)ncnc21)NC1(C(=O)OC(C)C)CCCCC1. The molecular formula is C24H39N6O7P. The molecule has 0 radical (unpaired) electrons. The third kappa shape index (κ3) is 7.95. The molecule has 0 spiro atoms. The Morgan fingerprint density at radius 3 is 2.42 bits per heavy atom. The number of nitrogens with zero attached hydrogens (tertiary/aromatic N) is 4. The summed E-state index contributed by atoms with van der Waals surface area (Å²) in [5.74, 6) is -0.889. The van der Waals surface area contributed by atoms with Crippen LogP contribution in [0.3, 0.4) is 0 Å². The van der Waals surface area contributed by atoms with Crippen molar-refractivity contribution in [2.24, 2.45) is 0 Å². The van der Waals surface area contributed by atoms with Gasteiger partial charge in [0.2, 0.25) is 0 Å². The van der Waals surface area contributed by atoms with E-state index in [4.69, 9.17) is 24.5 Å². The van der Waals surface area contributed by atoms with Gasteiger partial charge >= 0.3 is 11.9 Å². The van der Waals surface area contributed by atoms with Gasteiger partial charge in [0, 0.05) is 0 Å². The van der Waals surface area contributed by atoms with Gasteiger partial charge in [0.1, 0.15) is 23.7 Å². The predicted molar refractivity (Wildman–Crippen MR) is 140 cm³/mol. The van der Waals surface area contributed by atoms with Crippen LogP contribution in [0.5, 0.6) is 0 Å². The molecule has 1 aliphatic carbocycles. The van der Waals surface area contributed by atoms with Crippen molar-refractivity contribution in [2.45, 2.75) is 97.1 Å². The van der Waals surface area contributed by atoms with Crippen molar-refractivity contribution in [3.63, 3.8) is 0 Å². The van der Waals surface area contributed by atoms with E-state index in [1.807, 2.05) is 0 Å². The summed E-state index contributed by atoms with van der Waals surface area (Å²) in [6, 6.07) is 0. The fourth-order valence-corrected chi connectivity index (χ4v) is 6.25. The number of carbonyl (C=O) groups excluding carboxylic acids is 2. The summed E-state index contributed by atoms with van der Waals surface area (Å²) in [4.78, 5) is 37.8. The second kappa shape index (κ2) is 13.0. The highest BCUT2D eigenvalue weighted by atomic mass is 31.2. The molecule has 38 heavy (non-hydrogen) atoms. The highest BCUT2D eigenvalue weighted by molar-refractivity contribution is 7.56. The molecule has 14 heteroatoms. The lowest BCUT2D eigenvalue weighted by Gasteiger charge is -2.38. The van der Waals surface area contributed by atoms with Crippen molar-refractivity contribution in [2.75, 3.05) is 18.7 Å². The number of fused-ring (bicyclic) bond motifs is 1. The van der Waals surface area contributed by atoms with Crippen LogP contribution in [-0.2, 0) is 39.4 Å². The molecule has 3 rings (SSSR count). The molecule has 0 amide bonds. The maximum atomic E-state index is 14.1. The van der Waals surface area contributed by atoms with Crippen molar-refractivity contribution in [3.05, 3.63) is 12.7 Å². The molecule has 3 N–H and O–H groups in total. The third-order valence-electron chi connectivity index (χ3n) is 6.00. The van der Waals surface area contributed by atoms with Crippen molar-refractivity contribution in [3.8, 4) is 0 Å². The minimum absolute atomic E-state index is 0.267. The van der Waals surface area contributed by atoms with E-state index in [0.717, 1.165) is 19.3 Å². The first kappa shape index (κ1) is 29.9. The van der Waals surface area contributed by atoms with Crippen molar-refractivity contribution in [1.29, 1.82) is 0 Å². The van der Waals surface area contributed by atoms with Crippen LogP contribution in [0.25, 0.3) is 11.2 Å². The van der Waals surface area contributed by atoms with Crippen molar-refractivity contribution >= 4 is 36.4 Å². The molecule has 0 saturated heterocycles. The number of nitrogens with two attached hydrogens (primary N) is 1. The number of ether oxygens (including phenoxy) is 3. The molecular weight excluding hydrogens is 515 g/mol. The predicted octanol–water partition coefficient (Wildman–Crippen LogP) is 3.18. The normalized spacial score (nSPS) is 17.9. The zero-order chi connectivity index (χ0) is 27.9. The van der Waals surface area contributed by atoms with Gasteiger partial charge in [-0.25, -0.2) is 24.8 Å². The summed E-state index contributed by atoms with van der Waals surface area (Å²) in [5.41, 5.74) is 5.67. The number of carbonyl (C=O) groups is 2.